The van der Waals surface area contributed by atoms with E-state index in [0.717, 1.165) is 17.7 Å². The molecule has 0 radical (unpaired) electrons. The number of benzene rings is 2. The first-order valence-electron chi connectivity index (χ1n) is 6.21. The number of nitrogen functional groups attached to an aromatic ring is 1. The van der Waals surface area contributed by atoms with Gasteiger partial charge in [-0.05, 0) is 36.2 Å². The van der Waals surface area contributed by atoms with Crippen molar-refractivity contribution in [2.45, 2.75) is 12.8 Å². The summed E-state index contributed by atoms with van der Waals surface area (Å²) in [4.78, 5) is 4.41. The molecule has 5 heteroatoms. The van der Waals surface area contributed by atoms with E-state index in [-0.39, 0.29) is 0 Å². The third kappa shape index (κ3) is 2.74. The molecule has 0 saturated heterocycles. The molecule has 3 aromatic rings. The number of nitrogens with zero attached hydrogens (tertiary/aromatic N) is 1. The van der Waals surface area contributed by atoms with Crippen LogP contribution in [0.25, 0.3) is 11.1 Å². The minimum Gasteiger partial charge on any atom is -0.439 e. The molecule has 0 saturated carbocycles. The van der Waals surface area contributed by atoms with Crippen molar-refractivity contribution in [2.24, 2.45) is 0 Å². The lowest BCUT2D eigenvalue weighted by molar-refractivity contribution is 0.528. The highest BCUT2D eigenvalue weighted by atomic mass is 35.5. The Morgan fingerprint density at radius 2 is 1.95 bits per heavy atom. The molecule has 0 atom stereocenters. The highest BCUT2D eigenvalue weighted by molar-refractivity contribution is 6.37. The van der Waals surface area contributed by atoms with Gasteiger partial charge in [-0.3, -0.25) is 0 Å². The van der Waals surface area contributed by atoms with Gasteiger partial charge < -0.3 is 10.2 Å². The molecule has 0 spiro atoms. The van der Waals surface area contributed by atoms with Crippen LogP contribution in [0.3, 0.4) is 0 Å². The second kappa shape index (κ2) is 5.35. The molecule has 0 aliphatic carbocycles. The number of anilines is 1. The SMILES string of the molecule is Nc1cccc(CCc2nc3cc(Cl)cc(Cl)c3o2)c1. The summed E-state index contributed by atoms with van der Waals surface area (Å²) in [6, 6.07) is 11.2. The molecule has 2 aromatic carbocycles. The van der Waals surface area contributed by atoms with Crippen LogP contribution >= 0.6 is 23.2 Å². The Morgan fingerprint density at radius 1 is 1.10 bits per heavy atom. The molecule has 2 N–H and O–H groups in total. The summed E-state index contributed by atoms with van der Waals surface area (Å²) in [7, 11) is 0. The van der Waals surface area contributed by atoms with Gasteiger partial charge in [0.25, 0.3) is 0 Å². The minimum absolute atomic E-state index is 0.482. The average molecular weight is 307 g/mol. The van der Waals surface area contributed by atoms with E-state index in [1.165, 1.54) is 0 Å². The monoisotopic (exact) mass is 306 g/mol. The predicted molar refractivity (Wildman–Crippen MR) is 82.3 cm³/mol. The Kier molecular flexibility index (Phi) is 3.55. The van der Waals surface area contributed by atoms with Crippen LogP contribution in [-0.2, 0) is 12.8 Å². The first-order valence-corrected chi connectivity index (χ1v) is 6.96. The van der Waals surface area contributed by atoms with Gasteiger partial charge in [-0.15, -0.1) is 0 Å². The van der Waals surface area contributed by atoms with E-state index in [4.69, 9.17) is 33.4 Å². The number of fused-ring (bicyclic) bond motifs is 1. The molecule has 0 fully saturated rings. The Bertz CT molecular complexity index is 768. The van der Waals surface area contributed by atoms with Gasteiger partial charge >= 0.3 is 0 Å². The van der Waals surface area contributed by atoms with E-state index in [0.29, 0.717) is 33.5 Å². The number of halogens is 2. The molecular weight excluding hydrogens is 295 g/mol. The van der Waals surface area contributed by atoms with Crippen molar-refractivity contribution in [1.82, 2.24) is 4.98 Å². The number of hydrogen-bond donors (Lipinski definition) is 1. The van der Waals surface area contributed by atoms with Crippen molar-refractivity contribution >= 4 is 40.0 Å². The van der Waals surface area contributed by atoms with Crippen LogP contribution in [0.2, 0.25) is 10.0 Å². The van der Waals surface area contributed by atoms with Crippen molar-refractivity contribution in [1.29, 1.82) is 0 Å². The molecule has 1 aromatic heterocycles. The largest absolute Gasteiger partial charge is 0.439 e. The zero-order chi connectivity index (χ0) is 14.1. The minimum atomic E-state index is 0.482. The zero-order valence-electron chi connectivity index (χ0n) is 10.6. The van der Waals surface area contributed by atoms with Crippen LogP contribution in [0.4, 0.5) is 5.69 Å². The molecule has 3 nitrogen and oxygen atoms in total. The van der Waals surface area contributed by atoms with Gasteiger partial charge in [0.05, 0.1) is 5.02 Å². The molecule has 0 aliphatic rings. The van der Waals surface area contributed by atoms with E-state index in [9.17, 15) is 0 Å². The highest BCUT2D eigenvalue weighted by Gasteiger charge is 2.10. The fourth-order valence-corrected chi connectivity index (χ4v) is 2.63. The van der Waals surface area contributed by atoms with Crippen LogP contribution in [0.15, 0.2) is 40.8 Å². The predicted octanol–water partition coefficient (Wildman–Crippen LogP) is 4.50. The Balaban J connectivity index is 1.83. The van der Waals surface area contributed by atoms with Gasteiger partial charge in [-0.2, -0.15) is 0 Å². The highest BCUT2D eigenvalue weighted by Crippen LogP contribution is 2.28. The third-order valence-corrected chi connectivity index (χ3v) is 3.53. The van der Waals surface area contributed by atoms with Crippen LogP contribution in [0, 0.1) is 0 Å². The van der Waals surface area contributed by atoms with Crippen molar-refractivity contribution < 1.29 is 4.42 Å². The lowest BCUT2D eigenvalue weighted by Gasteiger charge is -1.99. The van der Waals surface area contributed by atoms with E-state index < -0.39 is 0 Å². The standard InChI is InChI=1S/C15H12Cl2N2O/c16-10-7-12(17)15-13(8-10)19-14(20-15)5-4-9-2-1-3-11(18)6-9/h1-3,6-8H,4-5,18H2. The summed E-state index contributed by atoms with van der Waals surface area (Å²) in [5, 5.41) is 1.04. The summed E-state index contributed by atoms with van der Waals surface area (Å²) < 4.78 is 5.67. The second-order valence-electron chi connectivity index (χ2n) is 4.59. The molecule has 0 amide bonds. The lowest BCUT2D eigenvalue weighted by Crippen LogP contribution is -1.93. The fraction of sp³-hybridized carbons (Fsp3) is 0.133. The molecule has 102 valence electrons. The number of hydrogen-bond acceptors (Lipinski definition) is 3. The molecule has 20 heavy (non-hydrogen) atoms. The first kappa shape index (κ1) is 13.3. The maximum Gasteiger partial charge on any atom is 0.195 e. The smallest absolute Gasteiger partial charge is 0.195 e. The summed E-state index contributed by atoms with van der Waals surface area (Å²) >= 11 is 12.0. The van der Waals surface area contributed by atoms with E-state index in [1.807, 2.05) is 24.3 Å². The topological polar surface area (TPSA) is 52.0 Å². The molecule has 0 bridgehead atoms. The number of aryl methyl sites for hydroxylation is 2. The van der Waals surface area contributed by atoms with Gasteiger partial charge in [0.1, 0.15) is 5.52 Å². The lowest BCUT2D eigenvalue weighted by atomic mass is 10.1. The molecular formula is C15H12Cl2N2O. The second-order valence-corrected chi connectivity index (χ2v) is 5.43. The van der Waals surface area contributed by atoms with Gasteiger partial charge in [0, 0.05) is 17.1 Å². The molecule has 0 unspecified atom stereocenters. The van der Waals surface area contributed by atoms with Gasteiger partial charge in [0.2, 0.25) is 0 Å². The number of nitrogens with two attached hydrogens (primary N) is 1. The Labute approximate surface area is 126 Å². The number of rotatable bonds is 3. The summed E-state index contributed by atoms with van der Waals surface area (Å²) in [5.41, 5.74) is 8.93. The fourth-order valence-electron chi connectivity index (χ4n) is 2.11. The molecule has 0 aliphatic heterocycles. The van der Waals surface area contributed by atoms with Gasteiger partial charge in [0.15, 0.2) is 11.5 Å². The maximum absolute atomic E-state index is 6.08. The van der Waals surface area contributed by atoms with Crippen molar-refractivity contribution in [2.75, 3.05) is 5.73 Å². The Hall–Kier alpha value is -1.71. The van der Waals surface area contributed by atoms with Crippen molar-refractivity contribution in [3.8, 4) is 0 Å². The first-order chi connectivity index (χ1) is 9.61. The zero-order valence-corrected chi connectivity index (χ0v) is 12.1. The van der Waals surface area contributed by atoms with Gasteiger partial charge in [-0.1, -0.05) is 35.3 Å². The maximum atomic E-state index is 6.08. The quantitative estimate of drug-likeness (QED) is 0.725. The van der Waals surface area contributed by atoms with E-state index >= 15 is 0 Å². The normalized spacial score (nSPS) is 11.1. The van der Waals surface area contributed by atoms with E-state index in [2.05, 4.69) is 4.98 Å². The average Bonchev–Trinajstić information content (AvgIpc) is 2.80. The van der Waals surface area contributed by atoms with Crippen LogP contribution in [0.1, 0.15) is 11.5 Å². The number of aromatic nitrogens is 1. The summed E-state index contributed by atoms with van der Waals surface area (Å²) in [5.74, 6) is 0.645. The van der Waals surface area contributed by atoms with E-state index in [1.54, 1.807) is 12.1 Å². The summed E-state index contributed by atoms with van der Waals surface area (Å²) in [6.45, 7) is 0. The van der Waals surface area contributed by atoms with Crippen LogP contribution in [0.5, 0.6) is 0 Å². The Morgan fingerprint density at radius 3 is 2.75 bits per heavy atom. The van der Waals surface area contributed by atoms with Crippen LogP contribution in [-0.4, -0.2) is 4.98 Å². The number of oxazole rings is 1. The third-order valence-electron chi connectivity index (χ3n) is 3.03. The molecule has 3 rings (SSSR count). The van der Waals surface area contributed by atoms with Gasteiger partial charge in [-0.25, -0.2) is 4.98 Å². The van der Waals surface area contributed by atoms with Crippen molar-refractivity contribution in [3.63, 3.8) is 0 Å². The van der Waals surface area contributed by atoms with Crippen LogP contribution < -0.4 is 5.73 Å². The summed E-state index contributed by atoms with van der Waals surface area (Å²) in [6.07, 6.45) is 1.50. The molecule has 1 heterocycles. The van der Waals surface area contributed by atoms with Crippen molar-refractivity contribution in [3.05, 3.63) is 57.9 Å².